The Balaban J connectivity index is 1.80. The van der Waals surface area contributed by atoms with E-state index in [-0.39, 0.29) is 0 Å². The van der Waals surface area contributed by atoms with E-state index in [1.54, 1.807) is 12.4 Å². The first kappa shape index (κ1) is 22.1. The maximum atomic E-state index is 10.5. The minimum atomic E-state index is -1.48. The van der Waals surface area contributed by atoms with Gasteiger partial charge in [-0.3, -0.25) is 4.98 Å². The smallest absolute Gasteiger partial charge is 0.138 e. The molecule has 0 aromatic carbocycles. The van der Waals surface area contributed by atoms with Crippen LogP contribution in [-0.4, -0.2) is 66.9 Å². The second-order valence-corrected chi connectivity index (χ2v) is 8.91. The second-order valence-electron chi connectivity index (χ2n) is 7.82. The van der Waals surface area contributed by atoms with E-state index in [9.17, 15) is 25.7 Å². The number of aliphatic hydroxyl groups is 4. The first-order valence-electron chi connectivity index (χ1n) is 10.4. The second kappa shape index (κ2) is 9.61. The average Bonchev–Trinajstić information content (AvgIpc) is 3.04. The summed E-state index contributed by atoms with van der Waals surface area (Å²) in [6.07, 6.45) is 2.79. The largest absolute Gasteiger partial charge is 0.394 e. The van der Waals surface area contributed by atoms with Crippen LogP contribution < -0.4 is 0 Å². The normalized spacial score (nSPS) is 28.4. The first-order chi connectivity index (χ1) is 15.0. The van der Waals surface area contributed by atoms with Crippen LogP contribution in [0.2, 0.25) is 0 Å². The van der Waals surface area contributed by atoms with Crippen LogP contribution in [0.3, 0.4) is 0 Å². The highest BCUT2D eigenvalue weighted by molar-refractivity contribution is 7.99. The Kier molecular flexibility index (Phi) is 6.86. The molecule has 4 rings (SSSR count). The van der Waals surface area contributed by atoms with Crippen LogP contribution in [-0.2, 0) is 17.6 Å². The number of fused-ring (bicyclic) bond motifs is 1. The Bertz CT molecular complexity index is 966. The molecule has 5 atom stereocenters. The predicted molar refractivity (Wildman–Crippen MR) is 113 cm³/mol. The van der Waals surface area contributed by atoms with Gasteiger partial charge >= 0.3 is 0 Å². The number of hydrogen-bond donors (Lipinski definition) is 4. The zero-order valence-corrected chi connectivity index (χ0v) is 17.7. The molecule has 0 amide bonds. The van der Waals surface area contributed by atoms with Crippen molar-refractivity contribution in [3.05, 3.63) is 41.3 Å². The number of aromatic nitrogens is 2. The summed E-state index contributed by atoms with van der Waals surface area (Å²) in [5.74, 6) is 0. The third kappa shape index (κ3) is 4.32. The molecule has 1 saturated heterocycles. The predicted octanol–water partition coefficient (Wildman–Crippen LogP) is 1.18. The number of rotatable bonds is 4. The molecule has 0 unspecified atom stereocenters. The molecule has 1 aliphatic heterocycles. The van der Waals surface area contributed by atoms with Gasteiger partial charge in [-0.25, -0.2) is 4.98 Å². The van der Waals surface area contributed by atoms with E-state index in [0.29, 0.717) is 10.6 Å². The number of aliphatic hydroxyl groups excluding tert-OH is 4. The fraction of sp³-hybridized carbons (Fsp3) is 0.500. The molecule has 2 aromatic heterocycles. The van der Waals surface area contributed by atoms with E-state index in [0.717, 1.165) is 66.3 Å². The van der Waals surface area contributed by atoms with E-state index < -0.39 is 36.5 Å². The van der Waals surface area contributed by atoms with Gasteiger partial charge in [0.25, 0.3) is 0 Å². The molecule has 0 radical (unpaired) electrons. The Morgan fingerprint density at radius 2 is 1.94 bits per heavy atom. The van der Waals surface area contributed by atoms with Gasteiger partial charge in [-0.2, -0.15) is 5.26 Å². The molecule has 4 N–H and O–H groups in total. The van der Waals surface area contributed by atoms with Crippen LogP contribution in [0.4, 0.5) is 0 Å². The van der Waals surface area contributed by atoms with Crippen LogP contribution in [0.5, 0.6) is 0 Å². The van der Waals surface area contributed by atoms with Crippen molar-refractivity contribution >= 4 is 11.8 Å². The van der Waals surface area contributed by atoms with Gasteiger partial charge in [-0.1, -0.05) is 24.2 Å². The van der Waals surface area contributed by atoms with E-state index in [4.69, 9.17) is 9.72 Å². The molecular weight excluding hydrogens is 418 g/mol. The van der Waals surface area contributed by atoms with Gasteiger partial charge in [-0.05, 0) is 37.3 Å². The molecular formula is C22H25N3O5S. The molecule has 0 saturated carbocycles. The first-order valence-corrected chi connectivity index (χ1v) is 11.3. The molecule has 0 spiro atoms. The summed E-state index contributed by atoms with van der Waals surface area (Å²) < 4.78 is 5.64. The van der Waals surface area contributed by atoms with Crippen molar-refractivity contribution in [1.82, 2.24) is 9.97 Å². The summed E-state index contributed by atoms with van der Waals surface area (Å²) in [5, 5.41) is 50.6. The van der Waals surface area contributed by atoms with Gasteiger partial charge in [0, 0.05) is 29.2 Å². The lowest BCUT2D eigenvalue weighted by atomic mass is 9.93. The highest BCUT2D eigenvalue weighted by Crippen LogP contribution is 2.40. The van der Waals surface area contributed by atoms with Crippen LogP contribution in [0.1, 0.15) is 36.1 Å². The van der Waals surface area contributed by atoms with Crippen LogP contribution in [0.25, 0.3) is 11.1 Å². The zero-order valence-electron chi connectivity index (χ0n) is 16.9. The minimum Gasteiger partial charge on any atom is -0.394 e. The molecule has 2 aliphatic rings. The van der Waals surface area contributed by atoms with Crippen LogP contribution in [0, 0.1) is 11.3 Å². The Morgan fingerprint density at radius 1 is 1.13 bits per heavy atom. The van der Waals surface area contributed by atoms with Gasteiger partial charge in [0.15, 0.2) is 0 Å². The van der Waals surface area contributed by atoms with Gasteiger partial charge in [-0.15, -0.1) is 0 Å². The Morgan fingerprint density at radius 3 is 2.65 bits per heavy atom. The maximum Gasteiger partial charge on any atom is 0.138 e. The summed E-state index contributed by atoms with van der Waals surface area (Å²) in [4.78, 5) is 8.99. The fourth-order valence-electron chi connectivity index (χ4n) is 4.19. The molecule has 164 valence electrons. The molecule has 8 nitrogen and oxygen atoms in total. The number of nitrogens with zero attached hydrogens (tertiary/aromatic N) is 3. The third-order valence-electron chi connectivity index (χ3n) is 5.83. The summed E-state index contributed by atoms with van der Waals surface area (Å²) in [6.45, 7) is -0.508. The topological polar surface area (TPSA) is 140 Å². The highest BCUT2D eigenvalue weighted by atomic mass is 32.2. The van der Waals surface area contributed by atoms with Crippen molar-refractivity contribution in [1.29, 1.82) is 5.26 Å². The van der Waals surface area contributed by atoms with Crippen LogP contribution >= 0.6 is 11.8 Å². The van der Waals surface area contributed by atoms with E-state index in [2.05, 4.69) is 11.1 Å². The Labute approximate surface area is 184 Å². The van der Waals surface area contributed by atoms with Gasteiger partial charge in [0.2, 0.25) is 0 Å². The number of thioether (sulfide) groups is 1. The highest BCUT2D eigenvalue weighted by Gasteiger charge is 2.44. The monoisotopic (exact) mass is 443 g/mol. The SMILES string of the molecule is N#Cc1c(S[C@@H]2O[C@H](CO)[C@H](O)[C@H](O)[C@H]2O)nc2c(c1-c1cccnc1)CCCCC2. The van der Waals surface area contributed by atoms with Gasteiger partial charge < -0.3 is 25.2 Å². The van der Waals surface area contributed by atoms with Crippen molar-refractivity contribution in [2.24, 2.45) is 0 Å². The minimum absolute atomic E-state index is 0.371. The van der Waals surface area contributed by atoms with Crippen molar-refractivity contribution in [2.75, 3.05) is 6.61 Å². The lowest BCUT2D eigenvalue weighted by molar-refractivity contribution is -0.205. The molecule has 3 heterocycles. The van der Waals surface area contributed by atoms with Gasteiger partial charge in [0.1, 0.15) is 40.9 Å². The summed E-state index contributed by atoms with van der Waals surface area (Å²) >= 11 is 1.03. The molecule has 1 fully saturated rings. The number of nitriles is 1. The summed E-state index contributed by atoms with van der Waals surface area (Å²) in [5.41, 5.74) is 2.98. The fourth-order valence-corrected chi connectivity index (χ4v) is 5.34. The number of pyridine rings is 2. The summed E-state index contributed by atoms with van der Waals surface area (Å²) in [7, 11) is 0. The van der Waals surface area contributed by atoms with Crippen molar-refractivity contribution < 1.29 is 25.2 Å². The van der Waals surface area contributed by atoms with Crippen molar-refractivity contribution in [2.45, 2.75) is 67.0 Å². The standard InChI is InChI=1S/C22H25N3O5S/c23-9-14-17(12-5-4-8-24-10-12)13-6-2-1-3-7-15(13)25-21(14)31-22-20(29)19(28)18(27)16(11-26)30-22/h4-5,8,10,16,18-20,22,26-29H,1-3,6-7,11H2/t16-,18+,19+,20-,22+/m1/s1. The summed E-state index contributed by atoms with van der Waals surface area (Å²) in [6, 6.07) is 6.01. The number of aryl methyl sites for hydroxylation is 1. The quantitative estimate of drug-likeness (QED) is 0.513. The molecule has 31 heavy (non-hydrogen) atoms. The van der Waals surface area contributed by atoms with Crippen molar-refractivity contribution in [3.8, 4) is 17.2 Å². The third-order valence-corrected chi connectivity index (χ3v) is 6.97. The van der Waals surface area contributed by atoms with Gasteiger partial charge in [0.05, 0.1) is 12.2 Å². The molecule has 0 bridgehead atoms. The van der Waals surface area contributed by atoms with E-state index in [1.807, 2.05) is 12.1 Å². The molecule has 2 aromatic rings. The number of ether oxygens (including phenoxy) is 1. The molecule has 9 heteroatoms. The number of hydrogen-bond acceptors (Lipinski definition) is 9. The average molecular weight is 444 g/mol. The lowest BCUT2D eigenvalue weighted by Gasteiger charge is -2.39. The maximum absolute atomic E-state index is 10.5. The van der Waals surface area contributed by atoms with E-state index in [1.165, 1.54) is 0 Å². The van der Waals surface area contributed by atoms with Crippen LogP contribution in [0.15, 0.2) is 29.6 Å². The molecule has 1 aliphatic carbocycles. The van der Waals surface area contributed by atoms with Crippen molar-refractivity contribution in [3.63, 3.8) is 0 Å². The lowest BCUT2D eigenvalue weighted by Crippen LogP contribution is -2.57. The Hall–Kier alpha value is -2.06. The zero-order chi connectivity index (χ0) is 22.0. The van der Waals surface area contributed by atoms with E-state index >= 15 is 0 Å².